The molecule has 0 radical (unpaired) electrons. The molecule has 90 valence electrons. The molecule has 0 saturated carbocycles. The number of cyclic esters (lactones) is 1. The van der Waals surface area contributed by atoms with Crippen molar-refractivity contribution in [2.45, 2.75) is 13.0 Å². The first-order valence-corrected chi connectivity index (χ1v) is 4.92. The van der Waals surface area contributed by atoms with Crippen LogP contribution in [0.25, 0.3) is 0 Å². The Labute approximate surface area is 99.5 Å². The second kappa shape index (κ2) is 4.84. The summed E-state index contributed by atoms with van der Waals surface area (Å²) in [5.74, 6) is -1.25. The van der Waals surface area contributed by atoms with Crippen LogP contribution < -0.4 is 0 Å². The number of ether oxygens (including phenoxy) is 1. The lowest BCUT2D eigenvalue weighted by atomic mass is 9.97. The van der Waals surface area contributed by atoms with Crippen LogP contribution in [-0.4, -0.2) is 22.3 Å². The van der Waals surface area contributed by atoms with Gasteiger partial charge in [-0.2, -0.15) is 0 Å². The summed E-state index contributed by atoms with van der Waals surface area (Å²) < 4.78 is 4.95. The molecule has 0 aromatic heterocycles. The highest BCUT2D eigenvalue weighted by Gasteiger charge is 2.28. The maximum atomic E-state index is 11.7. The van der Waals surface area contributed by atoms with E-state index in [2.05, 4.69) is 19.7 Å². The molecule has 0 aromatic carbocycles. The molecule has 1 unspecified atom stereocenters. The summed E-state index contributed by atoms with van der Waals surface area (Å²) in [7, 11) is 0. The van der Waals surface area contributed by atoms with Crippen molar-refractivity contribution in [3.8, 4) is 0 Å². The van der Waals surface area contributed by atoms with E-state index < -0.39 is 17.8 Å². The van der Waals surface area contributed by atoms with Gasteiger partial charge in [0.25, 0.3) is 0 Å². The van der Waals surface area contributed by atoms with Crippen molar-refractivity contribution >= 4 is 5.97 Å². The van der Waals surface area contributed by atoms with E-state index in [1.165, 1.54) is 19.1 Å². The molecular formula is C13H14O4. The van der Waals surface area contributed by atoms with E-state index in [0.717, 1.165) is 0 Å². The number of carbonyl (C=O) groups excluding carboxylic acids is 1. The molecule has 2 N–H and O–H groups in total. The lowest BCUT2D eigenvalue weighted by molar-refractivity contribution is -0.134. The Morgan fingerprint density at radius 3 is 2.41 bits per heavy atom. The summed E-state index contributed by atoms with van der Waals surface area (Å²) in [5.41, 5.74) is 0.694. The average Bonchev–Trinajstić information content (AvgIpc) is 2.38. The van der Waals surface area contributed by atoms with Gasteiger partial charge in [-0.15, -0.1) is 0 Å². The summed E-state index contributed by atoms with van der Waals surface area (Å²) in [6, 6.07) is 0. The fraction of sp³-hybridized carbons (Fsp3) is 0.154. The lowest BCUT2D eigenvalue weighted by Gasteiger charge is -2.12. The molecule has 1 heterocycles. The smallest absolute Gasteiger partial charge is 0.344 e. The Morgan fingerprint density at radius 2 is 2.00 bits per heavy atom. The molecule has 0 aliphatic carbocycles. The number of carbonyl (C=O) groups is 1. The fourth-order valence-electron chi connectivity index (χ4n) is 1.56. The summed E-state index contributed by atoms with van der Waals surface area (Å²) >= 11 is 0. The van der Waals surface area contributed by atoms with Gasteiger partial charge in [-0.25, -0.2) is 4.79 Å². The first kappa shape index (κ1) is 13.0. The molecule has 17 heavy (non-hydrogen) atoms. The third-order valence-corrected chi connectivity index (χ3v) is 2.47. The summed E-state index contributed by atoms with van der Waals surface area (Å²) in [6.07, 6.45) is 1.54. The first-order chi connectivity index (χ1) is 7.93. The van der Waals surface area contributed by atoms with E-state index in [1.807, 2.05) is 0 Å². The summed E-state index contributed by atoms with van der Waals surface area (Å²) in [4.78, 5) is 11.7. The largest absolute Gasteiger partial charge is 0.505 e. The van der Waals surface area contributed by atoms with Crippen molar-refractivity contribution < 1.29 is 19.7 Å². The monoisotopic (exact) mass is 234 g/mol. The van der Waals surface area contributed by atoms with Crippen LogP contribution in [0.2, 0.25) is 0 Å². The second-order valence-corrected chi connectivity index (χ2v) is 3.53. The van der Waals surface area contributed by atoms with Gasteiger partial charge in [-0.1, -0.05) is 31.9 Å². The minimum Gasteiger partial charge on any atom is -0.505 e. The number of aliphatic hydroxyl groups excluding tert-OH is 2. The van der Waals surface area contributed by atoms with E-state index >= 15 is 0 Å². The van der Waals surface area contributed by atoms with Gasteiger partial charge < -0.3 is 14.9 Å². The van der Waals surface area contributed by atoms with Crippen LogP contribution >= 0.6 is 0 Å². The molecule has 1 atom stereocenters. The Morgan fingerprint density at radius 1 is 1.41 bits per heavy atom. The Kier molecular flexibility index (Phi) is 3.70. The molecule has 1 rings (SSSR count). The molecule has 1 aliphatic heterocycles. The molecule has 0 amide bonds. The zero-order valence-corrected chi connectivity index (χ0v) is 9.56. The van der Waals surface area contributed by atoms with Gasteiger partial charge in [-0.05, 0) is 12.5 Å². The van der Waals surface area contributed by atoms with Crippen LogP contribution in [0.1, 0.15) is 6.92 Å². The van der Waals surface area contributed by atoms with Crippen LogP contribution in [0.4, 0.5) is 0 Å². The molecular weight excluding hydrogens is 220 g/mol. The zero-order valence-electron chi connectivity index (χ0n) is 9.56. The van der Waals surface area contributed by atoms with Crippen molar-refractivity contribution in [2.24, 2.45) is 0 Å². The highest BCUT2D eigenvalue weighted by atomic mass is 16.5. The Balaban J connectivity index is 3.45. The molecule has 4 nitrogen and oxygen atoms in total. The number of rotatable bonds is 3. The SMILES string of the molecule is C=CC1=C(C=C)C(O)C(C)=C(C(=C)O)OC1=O. The standard InChI is InChI=1S/C13H14O4/c1-5-9-10(6-2)13(16)17-12(8(4)14)7(3)11(9)15/h5-6,11,14-15H,1-2,4H2,3H3. The lowest BCUT2D eigenvalue weighted by Crippen LogP contribution is -2.13. The van der Waals surface area contributed by atoms with Crippen LogP contribution in [0.5, 0.6) is 0 Å². The maximum Gasteiger partial charge on any atom is 0.344 e. The van der Waals surface area contributed by atoms with Crippen LogP contribution in [0.3, 0.4) is 0 Å². The van der Waals surface area contributed by atoms with Gasteiger partial charge in [0.2, 0.25) is 0 Å². The van der Waals surface area contributed by atoms with E-state index in [-0.39, 0.29) is 16.9 Å². The van der Waals surface area contributed by atoms with Crippen LogP contribution in [0.15, 0.2) is 60.1 Å². The molecule has 1 aliphatic rings. The summed E-state index contributed by atoms with van der Waals surface area (Å²) in [5, 5.41) is 19.4. The van der Waals surface area contributed by atoms with Crippen molar-refractivity contribution in [2.75, 3.05) is 0 Å². The molecule has 0 aromatic rings. The highest BCUT2D eigenvalue weighted by molar-refractivity contribution is 5.94. The topological polar surface area (TPSA) is 66.8 Å². The van der Waals surface area contributed by atoms with E-state index in [1.54, 1.807) is 0 Å². The fourth-order valence-corrected chi connectivity index (χ4v) is 1.56. The minimum atomic E-state index is -1.09. The summed E-state index contributed by atoms with van der Waals surface area (Å²) in [6.45, 7) is 11.8. The molecule has 4 heteroatoms. The van der Waals surface area contributed by atoms with Gasteiger partial charge in [0.05, 0.1) is 5.57 Å². The second-order valence-electron chi connectivity index (χ2n) is 3.53. The number of hydrogen-bond donors (Lipinski definition) is 2. The zero-order chi connectivity index (χ0) is 13.2. The molecule has 0 fully saturated rings. The predicted molar refractivity (Wildman–Crippen MR) is 64.0 cm³/mol. The minimum absolute atomic E-state index is 0.114. The van der Waals surface area contributed by atoms with Gasteiger partial charge in [0, 0.05) is 5.57 Å². The average molecular weight is 234 g/mol. The van der Waals surface area contributed by atoms with Gasteiger partial charge in [0.15, 0.2) is 11.5 Å². The number of esters is 1. The quantitative estimate of drug-likeness (QED) is 0.578. The van der Waals surface area contributed by atoms with E-state index in [0.29, 0.717) is 5.57 Å². The van der Waals surface area contributed by atoms with Gasteiger partial charge in [0.1, 0.15) is 6.10 Å². The molecule has 0 spiro atoms. The highest BCUT2D eigenvalue weighted by Crippen LogP contribution is 2.28. The molecule has 0 bridgehead atoms. The van der Waals surface area contributed by atoms with Crippen LogP contribution in [-0.2, 0) is 9.53 Å². The van der Waals surface area contributed by atoms with Crippen molar-refractivity contribution in [3.63, 3.8) is 0 Å². The van der Waals surface area contributed by atoms with Crippen molar-refractivity contribution in [3.05, 3.63) is 60.1 Å². The number of hydrogen-bond acceptors (Lipinski definition) is 4. The van der Waals surface area contributed by atoms with E-state index in [4.69, 9.17) is 4.74 Å². The first-order valence-electron chi connectivity index (χ1n) is 4.92. The number of aliphatic hydroxyl groups is 2. The molecule has 0 saturated heterocycles. The predicted octanol–water partition coefficient (Wildman–Crippen LogP) is 1.92. The third-order valence-electron chi connectivity index (χ3n) is 2.47. The third kappa shape index (κ3) is 2.21. The van der Waals surface area contributed by atoms with Crippen molar-refractivity contribution in [1.29, 1.82) is 0 Å². The van der Waals surface area contributed by atoms with Crippen LogP contribution in [0, 0.1) is 0 Å². The van der Waals surface area contributed by atoms with Gasteiger partial charge in [-0.3, -0.25) is 0 Å². The Bertz CT molecular complexity index is 466. The van der Waals surface area contributed by atoms with Gasteiger partial charge >= 0.3 is 5.97 Å². The maximum absolute atomic E-state index is 11.7. The van der Waals surface area contributed by atoms with Crippen molar-refractivity contribution in [1.82, 2.24) is 0 Å². The normalized spacial score (nSPS) is 20.8. The van der Waals surface area contributed by atoms with E-state index in [9.17, 15) is 15.0 Å². The Hall–Kier alpha value is -2.07.